The van der Waals surface area contributed by atoms with E-state index in [1.54, 1.807) is 33.9 Å². The van der Waals surface area contributed by atoms with Crippen LogP contribution in [-0.4, -0.2) is 19.6 Å². The molecule has 6 nitrogen and oxygen atoms in total. The lowest BCUT2D eigenvalue weighted by Gasteiger charge is -2.05. The molecular formula is C8H12N6. The Morgan fingerprint density at radius 3 is 1.64 bits per heavy atom. The zero-order valence-electron chi connectivity index (χ0n) is 7.67. The van der Waals surface area contributed by atoms with Gasteiger partial charge in [-0.3, -0.25) is 0 Å². The molecule has 6 heteroatoms. The zero-order chi connectivity index (χ0) is 9.97. The van der Waals surface area contributed by atoms with Crippen molar-refractivity contribution in [1.29, 1.82) is 0 Å². The second kappa shape index (κ2) is 3.41. The fourth-order valence-electron chi connectivity index (χ4n) is 1.25. The van der Waals surface area contributed by atoms with E-state index in [1.807, 2.05) is 0 Å². The fraction of sp³-hybridized carbons (Fsp3) is 0.250. The molecule has 14 heavy (non-hydrogen) atoms. The van der Waals surface area contributed by atoms with Gasteiger partial charge in [0.25, 0.3) is 0 Å². The van der Waals surface area contributed by atoms with E-state index in [0.717, 1.165) is 0 Å². The maximum Gasteiger partial charge on any atom is 0.121 e. The Morgan fingerprint density at radius 1 is 0.929 bits per heavy atom. The molecule has 0 radical (unpaired) electrons. The van der Waals surface area contributed by atoms with Crippen LogP contribution in [0.1, 0.15) is 0 Å². The Bertz CT molecular complexity index is 375. The predicted octanol–water partition coefficient (Wildman–Crippen LogP) is -0.0558. The number of hydrogen-bond donors (Lipinski definition) is 2. The average Bonchev–Trinajstić information content (AvgIpc) is 2.72. The molecule has 0 amide bonds. The van der Waals surface area contributed by atoms with Crippen LogP contribution in [0.2, 0.25) is 0 Å². The normalized spacial score (nSPS) is 10.6. The van der Waals surface area contributed by atoms with Gasteiger partial charge in [0.15, 0.2) is 0 Å². The van der Waals surface area contributed by atoms with Gasteiger partial charge in [0, 0.05) is 0 Å². The Hall–Kier alpha value is -1.98. The predicted molar refractivity (Wildman–Crippen MR) is 53.3 cm³/mol. The molecule has 0 aliphatic rings. The van der Waals surface area contributed by atoms with E-state index < -0.39 is 0 Å². The Labute approximate surface area is 81.1 Å². The van der Waals surface area contributed by atoms with Crippen molar-refractivity contribution in [3.05, 3.63) is 24.5 Å². The monoisotopic (exact) mass is 192 g/mol. The van der Waals surface area contributed by atoms with E-state index in [-0.39, 0.29) is 0 Å². The van der Waals surface area contributed by atoms with E-state index in [1.165, 1.54) is 0 Å². The van der Waals surface area contributed by atoms with Gasteiger partial charge in [0.2, 0.25) is 0 Å². The maximum absolute atomic E-state index is 5.66. The van der Waals surface area contributed by atoms with Crippen molar-refractivity contribution >= 4 is 11.6 Å². The molecule has 0 unspecified atom stereocenters. The smallest absolute Gasteiger partial charge is 0.121 e. The van der Waals surface area contributed by atoms with Crippen LogP contribution < -0.4 is 11.5 Å². The minimum Gasteiger partial charge on any atom is -0.384 e. The summed E-state index contributed by atoms with van der Waals surface area (Å²) < 4.78 is 3.42. The van der Waals surface area contributed by atoms with Crippen molar-refractivity contribution in [1.82, 2.24) is 19.6 Å². The lowest BCUT2D eigenvalue weighted by molar-refractivity contribution is 0.509. The molecule has 4 N–H and O–H groups in total. The summed E-state index contributed by atoms with van der Waals surface area (Å²) in [6.07, 6.45) is 3.34. The van der Waals surface area contributed by atoms with Crippen molar-refractivity contribution in [2.75, 3.05) is 11.5 Å². The number of hydrogen-bond acceptors (Lipinski definition) is 4. The Kier molecular flexibility index (Phi) is 2.10. The molecule has 0 spiro atoms. The summed E-state index contributed by atoms with van der Waals surface area (Å²) in [7, 11) is 0. The number of nitrogens with zero attached hydrogens (tertiary/aromatic N) is 4. The van der Waals surface area contributed by atoms with Crippen LogP contribution in [0.3, 0.4) is 0 Å². The summed E-state index contributed by atoms with van der Waals surface area (Å²) >= 11 is 0. The highest BCUT2D eigenvalue weighted by Crippen LogP contribution is 2.03. The van der Waals surface area contributed by atoms with Gasteiger partial charge < -0.3 is 11.5 Å². The van der Waals surface area contributed by atoms with Crippen molar-refractivity contribution in [2.45, 2.75) is 13.1 Å². The van der Waals surface area contributed by atoms with E-state index in [9.17, 15) is 0 Å². The quantitative estimate of drug-likeness (QED) is 0.713. The third kappa shape index (κ3) is 1.54. The van der Waals surface area contributed by atoms with Crippen LogP contribution in [0.4, 0.5) is 11.6 Å². The summed E-state index contributed by atoms with van der Waals surface area (Å²) in [6, 6.07) is 3.51. The van der Waals surface area contributed by atoms with Crippen molar-refractivity contribution in [3.63, 3.8) is 0 Å². The molecule has 2 aromatic heterocycles. The van der Waals surface area contributed by atoms with Crippen LogP contribution in [0.15, 0.2) is 24.5 Å². The lowest BCUT2D eigenvalue weighted by Crippen LogP contribution is -2.13. The largest absolute Gasteiger partial charge is 0.384 e. The van der Waals surface area contributed by atoms with Crippen molar-refractivity contribution in [2.24, 2.45) is 0 Å². The summed E-state index contributed by atoms with van der Waals surface area (Å²) in [4.78, 5) is 0. The Morgan fingerprint density at radius 2 is 1.36 bits per heavy atom. The molecule has 0 aromatic carbocycles. The molecule has 0 saturated heterocycles. The van der Waals surface area contributed by atoms with E-state index in [4.69, 9.17) is 11.5 Å². The number of nitrogen functional groups attached to an aromatic ring is 2. The zero-order valence-corrected chi connectivity index (χ0v) is 7.67. The standard InChI is InChI=1S/C8H12N6/c9-7-1-3-11-13(7)5-6-14-8(10)2-4-12-14/h1-4H,5-6,9-10H2. The summed E-state index contributed by atoms with van der Waals surface area (Å²) in [5.41, 5.74) is 11.3. The van der Waals surface area contributed by atoms with E-state index in [2.05, 4.69) is 10.2 Å². The lowest BCUT2D eigenvalue weighted by atomic mass is 10.5. The van der Waals surface area contributed by atoms with Gasteiger partial charge in [-0.05, 0) is 12.1 Å². The molecule has 2 heterocycles. The number of anilines is 2. The Balaban J connectivity index is 2.02. The molecule has 2 rings (SSSR count). The minimum atomic E-state index is 0.649. The van der Waals surface area contributed by atoms with E-state index in [0.29, 0.717) is 24.7 Å². The number of rotatable bonds is 3. The first-order valence-electron chi connectivity index (χ1n) is 4.32. The molecule has 2 aromatic rings. The van der Waals surface area contributed by atoms with Gasteiger partial charge in [-0.15, -0.1) is 0 Å². The van der Waals surface area contributed by atoms with Crippen LogP contribution in [0.25, 0.3) is 0 Å². The second-order valence-corrected chi connectivity index (χ2v) is 2.96. The van der Waals surface area contributed by atoms with Crippen LogP contribution in [-0.2, 0) is 13.1 Å². The first-order chi connectivity index (χ1) is 6.77. The highest BCUT2D eigenvalue weighted by molar-refractivity contribution is 5.27. The molecule has 0 aliphatic carbocycles. The maximum atomic E-state index is 5.66. The third-order valence-electron chi connectivity index (χ3n) is 2.02. The van der Waals surface area contributed by atoms with Gasteiger partial charge >= 0.3 is 0 Å². The topological polar surface area (TPSA) is 87.7 Å². The number of aryl methyl sites for hydroxylation is 2. The van der Waals surface area contributed by atoms with Crippen LogP contribution in [0.5, 0.6) is 0 Å². The van der Waals surface area contributed by atoms with Gasteiger partial charge in [-0.1, -0.05) is 0 Å². The highest BCUT2D eigenvalue weighted by Gasteiger charge is 2.00. The molecule has 0 bridgehead atoms. The van der Waals surface area contributed by atoms with Crippen molar-refractivity contribution < 1.29 is 0 Å². The average molecular weight is 192 g/mol. The highest BCUT2D eigenvalue weighted by atomic mass is 15.3. The fourth-order valence-corrected chi connectivity index (χ4v) is 1.25. The third-order valence-corrected chi connectivity index (χ3v) is 2.02. The van der Waals surface area contributed by atoms with Crippen LogP contribution in [0, 0.1) is 0 Å². The van der Waals surface area contributed by atoms with Gasteiger partial charge in [0.1, 0.15) is 11.6 Å². The summed E-state index contributed by atoms with van der Waals surface area (Å²) in [5, 5.41) is 8.11. The molecule has 0 atom stereocenters. The minimum absolute atomic E-state index is 0.649. The SMILES string of the molecule is Nc1ccnn1CCn1nccc1N. The molecule has 0 aliphatic heterocycles. The first-order valence-corrected chi connectivity index (χ1v) is 4.32. The van der Waals surface area contributed by atoms with Gasteiger partial charge in [0.05, 0.1) is 25.5 Å². The first kappa shape index (κ1) is 8.61. The molecular weight excluding hydrogens is 180 g/mol. The number of nitrogens with two attached hydrogens (primary N) is 2. The van der Waals surface area contributed by atoms with E-state index >= 15 is 0 Å². The van der Waals surface area contributed by atoms with Gasteiger partial charge in [-0.25, -0.2) is 9.36 Å². The number of aromatic nitrogens is 4. The summed E-state index contributed by atoms with van der Waals surface area (Å²) in [5.74, 6) is 1.30. The second-order valence-electron chi connectivity index (χ2n) is 2.96. The van der Waals surface area contributed by atoms with Gasteiger partial charge in [-0.2, -0.15) is 10.2 Å². The molecule has 0 saturated carbocycles. The summed E-state index contributed by atoms with van der Waals surface area (Å²) in [6.45, 7) is 1.34. The van der Waals surface area contributed by atoms with Crippen molar-refractivity contribution in [3.8, 4) is 0 Å². The van der Waals surface area contributed by atoms with Crippen LogP contribution >= 0.6 is 0 Å². The molecule has 74 valence electrons. The molecule has 0 fully saturated rings.